The molecule has 0 atom stereocenters. The molecule has 1 aliphatic rings. The first-order chi connectivity index (χ1) is 9.19. The first kappa shape index (κ1) is 14.4. The van der Waals surface area contributed by atoms with E-state index in [0.29, 0.717) is 5.92 Å². The van der Waals surface area contributed by atoms with Crippen molar-refractivity contribution >= 4 is 5.69 Å². The summed E-state index contributed by atoms with van der Waals surface area (Å²) in [5.41, 5.74) is 4.20. The number of nitrogens with zero attached hydrogens (tertiary/aromatic N) is 1. The lowest BCUT2D eigenvalue weighted by Gasteiger charge is -2.24. The van der Waals surface area contributed by atoms with Gasteiger partial charge in [0.15, 0.2) is 0 Å². The van der Waals surface area contributed by atoms with Gasteiger partial charge in [0.25, 0.3) is 0 Å². The summed E-state index contributed by atoms with van der Waals surface area (Å²) in [6, 6.07) is 6.83. The highest BCUT2D eigenvalue weighted by molar-refractivity contribution is 5.56. The minimum atomic E-state index is 0.688. The molecule has 1 N–H and O–H groups in total. The molecule has 0 aliphatic carbocycles. The van der Waals surface area contributed by atoms with E-state index < -0.39 is 0 Å². The van der Waals surface area contributed by atoms with E-state index >= 15 is 0 Å². The van der Waals surface area contributed by atoms with Gasteiger partial charge in [-0.1, -0.05) is 26.0 Å². The summed E-state index contributed by atoms with van der Waals surface area (Å²) >= 11 is 0. The van der Waals surface area contributed by atoms with Gasteiger partial charge < -0.3 is 10.1 Å². The number of ether oxygens (including phenoxy) is 1. The van der Waals surface area contributed by atoms with Gasteiger partial charge in [0.05, 0.1) is 6.61 Å². The van der Waals surface area contributed by atoms with Gasteiger partial charge in [0.1, 0.15) is 0 Å². The fourth-order valence-corrected chi connectivity index (χ4v) is 2.69. The molecule has 3 nitrogen and oxygen atoms in total. The van der Waals surface area contributed by atoms with Crippen molar-refractivity contribution in [2.24, 2.45) is 5.92 Å². The van der Waals surface area contributed by atoms with Crippen molar-refractivity contribution in [1.82, 2.24) is 4.90 Å². The van der Waals surface area contributed by atoms with Crippen LogP contribution in [0.1, 0.15) is 25.0 Å². The summed E-state index contributed by atoms with van der Waals surface area (Å²) in [7, 11) is 1.77. The number of fused-ring (bicyclic) bond motifs is 1. The van der Waals surface area contributed by atoms with Crippen LogP contribution in [0.5, 0.6) is 0 Å². The molecule has 0 saturated carbocycles. The lowest BCUT2D eigenvalue weighted by atomic mass is 10.1. The summed E-state index contributed by atoms with van der Waals surface area (Å²) < 4.78 is 5.21. The summed E-state index contributed by atoms with van der Waals surface area (Å²) in [4.78, 5) is 2.48. The van der Waals surface area contributed by atoms with Crippen molar-refractivity contribution in [3.63, 3.8) is 0 Å². The lowest BCUT2D eigenvalue weighted by Crippen LogP contribution is -2.30. The number of hydrogen-bond donors (Lipinski definition) is 1. The Balaban J connectivity index is 1.99. The Hall–Kier alpha value is -1.06. The molecule has 19 heavy (non-hydrogen) atoms. The first-order valence-electron chi connectivity index (χ1n) is 7.26. The second-order valence-corrected chi connectivity index (χ2v) is 5.79. The van der Waals surface area contributed by atoms with Gasteiger partial charge in [0.2, 0.25) is 0 Å². The predicted molar refractivity (Wildman–Crippen MR) is 80.6 cm³/mol. The zero-order valence-corrected chi connectivity index (χ0v) is 12.4. The molecule has 1 heterocycles. The van der Waals surface area contributed by atoms with Crippen molar-refractivity contribution in [2.45, 2.75) is 26.8 Å². The molecule has 0 aromatic heterocycles. The monoisotopic (exact) mass is 262 g/mol. The predicted octanol–water partition coefficient (Wildman–Crippen LogP) is 2.76. The van der Waals surface area contributed by atoms with Crippen LogP contribution in [0.15, 0.2) is 18.2 Å². The molecule has 0 spiro atoms. The van der Waals surface area contributed by atoms with Crippen LogP contribution in [-0.2, 0) is 17.7 Å². The van der Waals surface area contributed by atoms with Gasteiger partial charge in [-0.25, -0.2) is 0 Å². The van der Waals surface area contributed by atoms with Gasteiger partial charge in [-0.15, -0.1) is 0 Å². The zero-order chi connectivity index (χ0) is 13.7. The Kier molecular flexibility index (Phi) is 5.23. The molecular weight excluding hydrogens is 236 g/mol. The van der Waals surface area contributed by atoms with E-state index in [9.17, 15) is 0 Å². The van der Waals surface area contributed by atoms with Crippen LogP contribution in [-0.4, -0.2) is 38.3 Å². The topological polar surface area (TPSA) is 24.5 Å². The SMILES string of the molecule is COCCN(Cc1ccc2c(c1)CCN2)CC(C)C. The van der Waals surface area contributed by atoms with E-state index in [2.05, 4.69) is 42.3 Å². The second-order valence-electron chi connectivity index (χ2n) is 5.79. The van der Waals surface area contributed by atoms with Gasteiger partial charge in [-0.05, 0) is 29.5 Å². The molecule has 0 radical (unpaired) electrons. The summed E-state index contributed by atoms with van der Waals surface area (Å²) in [5.74, 6) is 0.688. The van der Waals surface area contributed by atoms with E-state index in [4.69, 9.17) is 4.74 Å². The highest BCUT2D eigenvalue weighted by Gasteiger charge is 2.12. The number of hydrogen-bond acceptors (Lipinski definition) is 3. The van der Waals surface area contributed by atoms with E-state index in [1.54, 1.807) is 7.11 Å². The standard InChI is InChI=1S/C16H26N2O/c1-13(2)11-18(8-9-19-3)12-14-4-5-16-15(10-14)6-7-17-16/h4-5,10,13,17H,6-9,11-12H2,1-3H3. The van der Waals surface area contributed by atoms with Crippen LogP contribution >= 0.6 is 0 Å². The molecule has 1 aromatic carbocycles. The third-order valence-electron chi connectivity index (χ3n) is 3.52. The van der Waals surface area contributed by atoms with Crippen LogP contribution in [0.3, 0.4) is 0 Å². The van der Waals surface area contributed by atoms with Gasteiger partial charge in [-0.3, -0.25) is 4.90 Å². The van der Waals surface area contributed by atoms with Crippen LogP contribution in [0, 0.1) is 5.92 Å². The van der Waals surface area contributed by atoms with Crippen molar-refractivity contribution in [1.29, 1.82) is 0 Å². The van der Waals surface area contributed by atoms with Crippen molar-refractivity contribution < 1.29 is 4.74 Å². The fourth-order valence-electron chi connectivity index (χ4n) is 2.69. The minimum absolute atomic E-state index is 0.688. The largest absolute Gasteiger partial charge is 0.384 e. The van der Waals surface area contributed by atoms with E-state index in [-0.39, 0.29) is 0 Å². The third kappa shape index (κ3) is 4.22. The number of benzene rings is 1. The summed E-state index contributed by atoms with van der Waals surface area (Å²) in [6.45, 7) is 9.58. The number of nitrogens with one attached hydrogen (secondary N) is 1. The summed E-state index contributed by atoms with van der Waals surface area (Å²) in [5, 5.41) is 3.41. The van der Waals surface area contributed by atoms with Gasteiger partial charge in [0, 0.05) is 39.0 Å². The van der Waals surface area contributed by atoms with Crippen molar-refractivity contribution in [2.75, 3.05) is 38.7 Å². The Morgan fingerprint density at radius 3 is 2.95 bits per heavy atom. The van der Waals surface area contributed by atoms with E-state index in [1.165, 1.54) is 16.8 Å². The number of methoxy groups -OCH3 is 1. The van der Waals surface area contributed by atoms with Crippen LogP contribution in [0.2, 0.25) is 0 Å². The van der Waals surface area contributed by atoms with E-state index in [1.807, 2.05) is 0 Å². The molecule has 2 rings (SSSR count). The Morgan fingerprint density at radius 1 is 1.37 bits per heavy atom. The quantitative estimate of drug-likeness (QED) is 0.818. The molecule has 1 aliphatic heterocycles. The van der Waals surface area contributed by atoms with Crippen LogP contribution in [0.4, 0.5) is 5.69 Å². The van der Waals surface area contributed by atoms with Crippen LogP contribution < -0.4 is 5.32 Å². The van der Waals surface area contributed by atoms with E-state index in [0.717, 1.165) is 39.2 Å². The molecule has 0 unspecified atom stereocenters. The molecule has 106 valence electrons. The first-order valence-corrected chi connectivity index (χ1v) is 7.26. The maximum absolute atomic E-state index is 5.21. The Labute approximate surface area is 116 Å². The molecule has 0 saturated heterocycles. The zero-order valence-electron chi connectivity index (χ0n) is 12.4. The average molecular weight is 262 g/mol. The van der Waals surface area contributed by atoms with Gasteiger partial charge >= 0.3 is 0 Å². The average Bonchev–Trinajstić information content (AvgIpc) is 2.82. The van der Waals surface area contributed by atoms with Gasteiger partial charge in [-0.2, -0.15) is 0 Å². The smallest absolute Gasteiger partial charge is 0.0589 e. The second kappa shape index (κ2) is 6.92. The van der Waals surface area contributed by atoms with Crippen molar-refractivity contribution in [3.8, 4) is 0 Å². The minimum Gasteiger partial charge on any atom is -0.384 e. The Bertz CT molecular complexity index is 404. The fraction of sp³-hybridized carbons (Fsp3) is 0.625. The molecule has 1 aromatic rings. The summed E-state index contributed by atoms with van der Waals surface area (Å²) in [6.07, 6.45) is 1.16. The molecule has 0 bridgehead atoms. The van der Waals surface area contributed by atoms with Crippen molar-refractivity contribution in [3.05, 3.63) is 29.3 Å². The molecule has 3 heteroatoms. The number of rotatable bonds is 7. The Morgan fingerprint density at radius 2 is 2.21 bits per heavy atom. The highest BCUT2D eigenvalue weighted by atomic mass is 16.5. The maximum Gasteiger partial charge on any atom is 0.0589 e. The highest BCUT2D eigenvalue weighted by Crippen LogP contribution is 2.23. The maximum atomic E-state index is 5.21. The normalized spacial score (nSPS) is 13.9. The molecular formula is C16H26N2O. The third-order valence-corrected chi connectivity index (χ3v) is 3.52. The molecule has 0 fully saturated rings. The lowest BCUT2D eigenvalue weighted by molar-refractivity contribution is 0.136. The van der Waals surface area contributed by atoms with Crippen LogP contribution in [0.25, 0.3) is 0 Å². The number of anilines is 1. The molecule has 0 amide bonds.